The molecule has 3 heteroatoms. The van der Waals surface area contributed by atoms with Crippen LogP contribution in [0.1, 0.15) is 40.5 Å². The molecule has 0 aromatic heterocycles. The summed E-state index contributed by atoms with van der Waals surface area (Å²) in [6.45, 7) is 4.21. The Morgan fingerprint density at radius 3 is 1.81 bits per heavy atom. The van der Waals surface area contributed by atoms with Gasteiger partial charge in [0.05, 0.1) is 5.25 Å². The molecule has 1 N–H and O–H groups in total. The number of aryl methyl sites for hydroxylation is 1. The summed E-state index contributed by atoms with van der Waals surface area (Å²) in [5, 5.41) is 4.68. The summed E-state index contributed by atoms with van der Waals surface area (Å²) in [4.78, 5) is 0. The van der Waals surface area contributed by atoms with Crippen molar-refractivity contribution in [3.63, 3.8) is 0 Å². The second-order valence-corrected chi connectivity index (χ2v) is 8.70. The fraction of sp³-hybridized carbons (Fsp3) is 0.167. The van der Waals surface area contributed by atoms with Crippen molar-refractivity contribution in [2.75, 3.05) is 0 Å². The predicted molar refractivity (Wildman–Crippen MR) is 114 cm³/mol. The molecule has 1 aliphatic heterocycles. The largest absolute Gasteiger partial charge is 0.242 e. The van der Waals surface area contributed by atoms with Gasteiger partial charge < -0.3 is 0 Å². The van der Waals surface area contributed by atoms with E-state index in [-0.39, 0.29) is 11.3 Å². The molecular formula is C24H21NOS. The number of fused-ring (bicyclic) bond motifs is 3. The van der Waals surface area contributed by atoms with Crippen LogP contribution in [0.15, 0.2) is 72.8 Å². The van der Waals surface area contributed by atoms with Crippen molar-refractivity contribution in [3.8, 4) is 0 Å². The molecule has 2 nitrogen and oxygen atoms in total. The van der Waals surface area contributed by atoms with Gasteiger partial charge in [-0.15, -0.1) is 0 Å². The van der Waals surface area contributed by atoms with Crippen LogP contribution in [-0.4, -0.2) is 4.21 Å². The molecular weight excluding hydrogens is 350 g/mol. The highest BCUT2D eigenvalue weighted by atomic mass is 32.2. The highest BCUT2D eigenvalue weighted by molar-refractivity contribution is 7.83. The first-order valence-corrected chi connectivity index (χ1v) is 10.5. The molecule has 0 saturated heterocycles. The van der Waals surface area contributed by atoms with Gasteiger partial charge in [-0.1, -0.05) is 54.6 Å². The Labute approximate surface area is 161 Å². The Hall–Kier alpha value is -2.49. The average Bonchev–Trinajstić information content (AvgIpc) is 2.67. The number of benzene rings is 4. The lowest BCUT2D eigenvalue weighted by atomic mass is 9.89. The zero-order valence-corrected chi connectivity index (χ0v) is 16.2. The lowest BCUT2D eigenvalue weighted by Crippen LogP contribution is -2.33. The third-order valence-electron chi connectivity index (χ3n) is 5.62. The summed E-state index contributed by atoms with van der Waals surface area (Å²) >= 11 is 0. The van der Waals surface area contributed by atoms with Crippen LogP contribution in [0.2, 0.25) is 0 Å². The molecule has 1 heterocycles. The SMILES string of the molecule is Cc1cc2ccccc2cc1C1c2cc3ccccc3cc2C(C)NS1=O. The summed E-state index contributed by atoms with van der Waals surface area (Å²) in [5.74, 6) is 0. The lowest BCUT2D eigenvalue weighted by molar-refractivity contribution is 0.630. The zero-order chi connectivity index (χ0) is 18.5. The number of hydrogen-bond donors (Lipinski definition) is 1. The van der Waals surface area contributed by atoms with Crippen LogP contribution >= 0.6 is 0 Å². The van der Waals surface area contributed by atoms with E-state index in [9.17, 15) is 4.21 Å². The molecule has 27 heavy (non-hydrogen) atoms. The molecule has 4 aromatic carbocycles. The van der Waals surface area contributed by atoms with Crippen LogP contribution in [0.5, 0.6) is 0 Å². The van der Waals surface area contributed by atoms with Gasteiger partial charge in [-0.25, -0.2) is 8.93 Å². The topological polar surface area (TPSA) is 29.1 Å². The highest BCUT2D eigenvalue weighted by Gasteiger charge is 2.33. The van der Waals surface area contributed by atoms with Gasteiger partial charge in [-0.05, 0) is 75.8 Å². The molecule has 1 aliphatic rings. The molecule has 3 atom stereocenters. The third-order valence-corrected chi connectivity index (χ3v) is 7.15. The number of hydrogen-bond acceptors (Lipinski definition) is 1. The fourth-order valence-corrected chi connectivity index (χ4v) is 5.77. The monoisotopic (exact) mass is 371 g/mol. The van der Waals surface area contributed by atoms with Gasteiger partial charge in [0.2, 0.25) is 0 Å². The van der Waals surface area contributed by atoms with Crippen LogP contribution in [0.3, 0.4) is 0 Å². The Morgan fingerprint density at radius 1 is 0.741 bits per heavy atom. The molecule has 0 amide bonds. The normalized spacial score (nSPS) is 22.1. The lowest BCUT2D eigenvalue weighted by Gasteiger charge is -2.31. The first-order chi connectivity index (χ1) is 13.1. The maximum Gasteiger partial charge on any atom is 0.104 e. The molecule has 0 radical (unpaired) electrons. The van der Waals surface area contributed by atoms with Crippen LogP contribution in [0.4, 0.5) is 0 Å². The van der Waals surface area contributed by atoms with E-state index in [1.807, 2.05) is 0 Å². The van der Waals surface area contributed by atoms with Gasteiger partial charge in [0.1, 0.15) is 11.0 Å². The minimum absolute atomic E-state index is 0.0717. The summed E-state index contributed by atoms with van der Waals surface area (Å²) in [6.07, 6.45) is 0. The molecule has 0 fully saturated rings. The molecule has 3 unspecified atom stereocenters. The minimum Gasteiger partial charge on any atom is -0.242 e. The van der Waals surface area contributed by atoms with E-state index < -0.39 is 11.0 Å². The van der Waals surface area contributed by atoms with Crippen molar-refractivity contribution < 1.29 is 4.21 Å². The van der Waals surface area contributed by atoms with Crippen LogP contribution in [-0.2, 0) is 11.0 Å². The van der Waals surface area contributed by atoms with Gasteiger partial charge in [-0.3, -0.25) is 0 Å². The van der Waals surface area contributed by atoms with Crippen LogP contribution in [0, 0.1) is 6.92 Å². The Kier molecular flexibility index (Phi) is 3.88. The van der Waals surface area contributed by atoms with Crippen molar-refractivity contribution in [1.82, 2.24) is 4.72 Å². The quantitative estimate of drug-likeness (QED) is 0.456. The van der Waals surface area contributed by atoms with Crippen molar-refractivity contribution >= 4 is 32.5 Å². The van der Waals surface area contributed by atoms with Gasteiger partial charge in [0.15, 0.2) is 0 Å². The Morgan fingerprint density at radius 2 is 1.22 bits per heavy atom. The minimum atomic E-state index is -1.17. The van der Waals surface area contributed by atoms with E-state index >= 15 is 0 Å². The van der Waals surface area contributed by atoms with Crippen molar-refractivity contribution in [1.29, 1.82) is 0 Å². The van der Waals surface area contributed by atoms with Crippen molar-refractivity contribution in [2.45, 2.75) is 25.1 Å². The molecule has 4 aromatic rings. The molecule has 0 bridgehead atoms. The smallest absolute Gasteiger partial charge is 0.104 e. The summed E-state index contributed by atoms with van der Waals surface area (Å²) < 4.78 is 16.5. The molecule has 0 spiro atoms. The van der Waals surface area contributed by atoms with E-state index in [0.717, 1.165) is 5.56 Å². The van der Waals surface area contributed by atoms with Gasteiger partial charge >= 0.3 is 0 Å². The molecule has 0 saturated carbocycles. The Bertz CT molecular complexity index is 1210. The van der Waals surface area contributed by atoms with Gasteiger partial charge in [0, 0.05) is 6.04 Å². The molecule has 5 rings (SSSR count). The zero-order valence-electron chi connectivity index (χ0n) is 15.4. The average molecular weight is 372 g/mol. The van der Waals surface area contributed by atoms with Crippen molar-refractivity contribution in [3.05, 3.63) is 95.1 Å². The third kappa shape index (κ3) is 2.70. The van der Waals surface area contributed by atoms with E-state index in [1.165, 1.54) is 38.2 Å². The maximum absolute atomic E-state index is 13.2. The Balaban J connectivity index is 1.78. The second kappa shape index (κ2) is 6.29. The molecule has 134 valence electrons. The fourth-order valence-electron chi connectivity index (χ4n) is 4.24. The highest BCUT2D eigenvalue weighted by Crippen LogP contribution is 2.41. The van der Waals surface area contributed by atoms with E-state index in [2.05, 4.69) is 91.4 Å². The first kappa shape index (κ1) is 16.7. The predicted octanol–water partition coefficient (Wildman–Crippen LogP) is 5.72. The summed E-state index contributed by atoms with van der Waals surface area (Å²) in [6, 6.07) is 25.8. The number of rotatable bonds is 1. The number of nitrogens with one attached hydrogen (secondary N) is 1. The van der Waals surface area contributed by atoms with Crippen molar-refractivity contribution in [2.24, 2.45) is 0 Å². The van der Waals surface area contributed by atoms with Crippen LogP contribution in [0.25, 0.3) is 21.5 Å². The summed E-state index contributed by atoms with van der Waals surface area (Å²) in [7, 11) is -1.17. The second-order valence-electron chi connectivity index (χ2n) is 7.40. The van der Waals surface area contributed by atoms with Gasteiger partial charge in [0.25, 0.3) is 0 Å². The van der Waals surface area contributed by atoms with Gasteiger partial charge in [-0.2, -0.15) is 0 Å². The maximum atomic E-state index is 13.2. The van der Waals surface area contributed by atoms with E-state index in [1.54, 1.807) is 0 Å². The van der Waals surface area contributed by atoms with Crippen LogP contribution < -0.4 is 4.72 Å². The van der Waals surface area contributed by atoms with E-state index in [0.29, 0.717) is 0 Å². The molecule has 0 aliphatic carbocycles. The summed E-state index contributed by atoms with van der Waals surface area (Å²) in [5.41, 5.74) is 4.74. The first-order valence-electron chi connectivity index (χ1n) is 9.30. The van der Waals surface area contributed by atoms with E-state index in [4.69, 9.17) is 0 Å². The standard InChI is InChI=1S/C24H21NOS/c1-15-11-17-7-3-4-8-18(17)12-21(15)24-23-14-20-10-6-5-9-19(20)13-22(23)16(2)25-27(24)26/h3-14,16,24-25H,1-2H3.